The zero-order chi connectivity index (χ0) is 23.0. The number of hydrogen-bond acceptors (Lipinski definition) is 7. The molecule has 32 heavy (non-hydrogen) atoms. The molecule has 0 fully saturated rings. The van der Waals surface area contributed by atoms with Gasteiger partial charge in [-0.1, -0.05) is 29.8 Å². The van der Waals surface area contributed by atoms with Gasteiger partial charge in [0.2, 0.25) is 0 Å². The molecule has 0 radical (unpaired) electrons. The number of fused-ring (bicyclic) bond motifs is 1. The van der Waals surface area contributed by atoms with Crippen molar-refractivity contribution in [3.63, 3.8) is 0 Å². The van der Waals surface area contributed by atoms with Crippen LogP contribution in [-0.2, 0) is 19.8 Å². The van der Waals surface area contributed by atoms with Crippen molar-refractivity contribution in [1.82, 2.24) is 19.1 Å². The van der Waals surface area contributed by atoms with Gasteiger partial charge in [-0.25, -0.2) is 14.8 Å². The summed E-state index contributed by atoms with van der Waals surface area (Å²) in [6.45, 7) is 2.01. The van der Waals surface area contributed by atoms with Crippen molar-refractivity contribution >= 4 is 28.5 Å². The van der Waals surface area contributed by atoms with Gasteiger partial charge < -0.3 is 0 Å². The molecule has 4 rings (SSSR count). The summed E-state index contributed by atoms with van der Waals surface area (Å²) in [5, 5.41) is 11.7. The molecule has 0 unspecified atom stereocenters. The largest absolute Gasteiger partial charge is 0.332 e. The highest BCUT2D eigenvalue weighted by Gasteiger charge is 2.18. The van der Waals surface area contributed by atoms with E-state index in [1.807, 2.05) is 25.1 Å². The molecule has 2 aromatic carbocycles. The predicted molar refractivity (Wildman–Crippen MR) is 123 cm³/mol. The first-order valence-corrected chi connectivity index (χ1v) is 10.7. The second-order valence-electron chi connectivity index (χ2n) is 7.34. The Bertz CT molecular complexity index is 1480. The van der Waals surface area contributed by atoms with Crippen LogP contribution in [0.15, 0.2) is 63.1 Å². The summed E-state index contributed by atoms with van der Waals surface area (Å²) in [5.41, 5.74) is 1.94. The molecule has 0 bridgehead atoms. The van der Waals surface area contributed by atoms with Crippen LogP contribution < -0.4 is 11.2 Å². The van der Waals surface area contributed by atoms with Crippen molar-refractivity contribution in [3.05, 3.63) is 90.6 Å². The van der Waals surface area contributed by atoms with Gasteiger partial charge in [-0.3, -0.25) is 24.0 Å². The lowest BCUT2D eigenvalue weighted by Gasteiger charge is -2.12. The number of aryl methyl sites for hydroxylation is 2. The summed E-state index contributed by atoms with van der Waals surface area (Å²) >= 11 is 1.38. The highest BCUT2D eigenvalue weighted by atomic mass is 32.2. The first-order valence-electron chi connectivity index (χ1n) is 9.67. The Morgan fingerprint density at radius 2 is 1.75 bits per heavy atom. The van der Waals surface area contributed by atoms with Gasteiger partial charge in [-0.2, -0.15) is 0 Å². The molecule has 0 saturated heterocycles. The number of nitro benzene ring substituents is 1. The maximum absolute atomic E-state index is 12.9. The van der Waals surface area contributed by atoms with Crippen LogP contribution in [-0.4, -0.2) is 24.0 Å². The van der Waals surface area contributed by atoms with E-state index in [0.29, 0.717) is 16.3 Å². The number of non-ortho nitro benzene ring substituents is 1. The Morgan fingerprint density at radius 1 is 1.03 bits per heavy atom. The van der Waals surface area contributed by atoms with E-state index < -0.39 is 16.2 Å². The fourth-order valence-electron chi connectivity index (χ4n) is 3.35. The maximum atomic E-state index is 12.9. The Kier molecular flexibility index (Phi) is 5.62. The summed E-state index contributed by atoms with van der Waals surface area (Å²) < 4.78 is 2.35. The van der Waals surface area contributed by atoms with Crippen molar-refractivity contribution in [3.8, 4) is 11.4 Å². The highest BCUT2D eigenvalue weighted by molar-refractivity contribution is 7.98. The summed E-state index contributed by atoms with van der Waals surface area (Å²) in [7, 11) is 2.97. The lowest BCUT2D eigenvalue weighted by Crippen LogP contribution is -2.37. The van der Waals surface area contributed by atoms with Crippen LogP contribution in [0.3, 0.4) is 0 Å². The molecule has 0 spiro atoms. The van der Waals surface area contributed by atoms with Gasteiger partial charge >= 0.3 is 5.69 Å². The number of benzene rings is 2. The second kappa shape index (κ2) is 8.39. The first kappa shape index (κ1) is 21.4. The molecular weight excluding hydrogens is 430 g/mol. The van der Waals surface area contributed by atoms with Crippen molar-refractivity contribution in [2.45, 2.75) is 17.7 Å². The van der Waals surface area contributed by atoms with Crippen LogP contribution in [0.5, 0.6) is 0 Å². The molecule has 0 N–H and O–H groups in total. The van der Waals surface area contributed by atoms with Gasteiger partial charge in [-0.15, -0.1) is 11.8 Å². The molecule has 0 amide bonds. The SMILES string of the molecule is Cc1cccc(CSc2nc(-c3ccc([N+](=O)[O-])cc3)nc3c2c(=O)n(C)c(=O)n3C)c1. The normalized spacial score (nSPS) is 11.1. The number of thioether (sulfide) groups is 1. The molecular formula is C22H19N5O4S. The molecule has 2 aromatic heterocycles. The third-order valence-electron chi connectivity index (χ3n) is 5.06. The monoisotopic (exact) mass is 449 g/mol. The Morgan fingerprint density at radius 3 is 2.41 bits per heavy atom. The molecule has 2 heterocycles. The van der Waals surface area contributed by atoms with Crippen molar-refractivity contribution in [1.29, 1.82) is 0 Å². The molecule has 4 aromatic rings. The van der Waals surface area contributed by atoms with Crippen molar-refractivity contribution in [2.75, 3.05) is 0 Å². The smallest absolute Gasteiger partial charge is 0.280 e. The molecule has 0 aliphatic heterocycles. The van der Waals surface area contributed by atoms with E-state index in [1.54, 1.807) is 19.2 Å². The van der Waals surface area contributed by atoms with E-state index in [2.05, 4.69) is 16.0 Å². The average Bonchev–Trinajstić information content (AvgIpc) is 2.79. The molecule has 0 atom stereocenters. The van der Waals surface area contributed by atoms with Crippen LogP contribution in [0.1, 0.15) is 11.1 Å². The minimum atomic E-state index is -0.495. The molecule has 9 nitrogen and oxygen atoms in total. The molecule has 0 aliphatic rings. The Balaban J connectivity index is 1.90. The van der Waals surface area contributed by atoms with Crippen molar-refractivity contribution in [2.24, 2.45) is 14.1 Å². The third-order valence-corrected chi connectivity index (χ3v) is 6.11. The number of aromatic nitrogens is 4. The van der Waals surface area contributed by atoms with Gasteiger partial charge in [0.1, 0.15) is 10.4 Å². The number of nitro groups is 1. The van der Waals surface area contributed by atoms with Gasteiger partial charge in [0.05, 0.1) is 4.92 Å². The zero-order valence-corrected chi connectivity index (χ0v) is 18.4. The molecule has 10 heteroatoms. The van der Waals surface area contributed by atoms with Crippen LogP contribution in [0.2, 0.25) is 0 Å². The highest BCUT2D eigenvalue weighted by Crippen LogP contribution is 2.29. The van der Waals surface area contributed by atoms with E-state index in [1.165, 1.54) is 35.5 Å². The van der Waals surface area contributed by atoms with Gasteiger partial charge in [0, 0.05) is 37.5 Å². The van der Waals surface area contributed by atoms with Crippen LogP contribution in [0.25, 0.3) is 22.4 Å². The minimum Gasteiger partial charge on any atom is -0.280 e. The average molecular weight is 449 g/mol. The number of hydrogen-bond donors (Lipinski definition) is 0. The fourth-order valence-corrected chi connectivity index (χ4v) is 4.31. The molecule has 0 saturated carbocycles. The maximum Gasteiger partial charge on any atom is 0.332 e. The molecule has 0 aliphatic carbocycles. The van der Waals surface area contributed by atoms with E-state index in [0.717, 1.165) is 15.7 Å². The van der Waals surface area contributed by atoms with E-state index in [9.17, 15) is 19.7 Å². The minimum absolute atomic E-state index is 0.0511. The second-order valence-corrected chi connectivity index (χ2v) is 8.30. The van der Waals surface area contributed by atoms with Gasteiger partial charge in [-0.05, 0) is 24.6 Å². The lowest BCUT2D eigenvalue weighted by atomic mass is 10.2. The zero-order valence-electron chi connectivity index (χ0n) is 17.6. The molecule has 162 valence electrons. The summed E-state index contributed by atoms with van der Waals surface area (Å²) in [4.78, 5) is 45.0. The quantitative estimate of drug-likeness (QED) is 0.199. The van der Waals surface area contributed by atoms with Gasteiger partial charge in [0.15, 0.2) is 11.5 Å². The summed E-state index contributed by atoms with van der Waals surface area (Å²) in [6.07, 6.45) is 0. The Hall–Kier alpha value is -3.79. The van der Waals surface area contributed by atoms with Crippen LogP contribution in [0, 0.1) is 17.0 Å². The van der Waals surface area contributed by atoms with E-state index in [-0.39, 0.29) is 22.5 Å². The number of rotatable bonds is 5. The predicted octanol–water partition coefficient (Wildman–Crippen LogP) is 3.20. The standard InChI is InChI=1S/C22H19N5O4S/c1-13-5-4-6-14(11-13)12-32-20-17-19(25(2)22(29)26(3)21(17)28)23-18(24-20)15-7-9-16(10-8-15)27(30)31/h4-11H,12H2,1-3H3. The summed E-state index contributed by atoms with van der Waals surface area (Å²) in [5.74, 6) is 0.849. The van der Waals surface area contributed by atoms with Crippen LogP contribution in [0.4, 0.5) is 5.69 Å². The Labute approximate surface area is 186 Å². The third kappa shape index (κ3) is 3.92. The van der Waals surface area contributed by atoms with Crippen LogP contribution >= 0.6 is 11.8 Å². The van der Waals surface area contributed by atoms with Crippen molar-refractivity contribution < 1.29 is 4.92 Å². The summed E-state index contributed by atoms with van der Waals surface area (Å²) in [6, 6.07) is 13.9. The van der Waals surface area contributed by atoms with E-state index in [4.69, 9.17) is 0 Å². The lowest BCUT2D eigenvalue weighted by molar-refractivity contribution is -0.384. The van der Waals surface area contributed by atoms with Gasteiger partial charge in [0.25, 0.3) is 11.2 Å². The topological polar surface area (TPSA) is 113 Å². The van der Waals surface area contributed by atoms with E-state index >= 15 is 0 Å². The number of nitrogens with zero attached hydrogens (tertiary/aromatic N) is 5. The first-order chi connectivity index (χ1) is 15.3. The fraction of sp³-hybridized carbons (Fsp3) is 0.182.